The number of hydrogen-bond acceptors (Lipinski definition) is 5. The molecule has 0 radical (unpaired) electrons. The van der Waals surface area contributed by atoms with Crippen LogP contribution in [-0.2, 0) is 0 Å². The highest BCUT2D eigenvalue weighted by molar-refractivity contribution is 6.35. The van der Waals surface area contributed by atoms with E-state index < -0.39 is 0 Å². The maximum atomic E-state index is 12.6. The van der Waals surface area contributed by atoms with E-state index in [1.165, 1.54) is 0 Å². The number of nitrogens with one attached hydrogen (secondary N) is 2. The molecule has 0 bridgehead atoms. The van der Waals surface area contributed by atoms with Gasteiger partial charge < -0.3 is 16.4 Å². The third-order valence-corrected chi connectivity index (χ3v) is 6.06. The van der Waals surface area contributed by atoms with Crippen LogP contribution in [0.3, 0.4) is 0 Å². The lowest BCUT2D eigenvalue weighted by Gasteiger charge is -2.24. The number of nitrogens with two attached hydrogens (primary N) is 1. The highest BCUT2D eigenvalue weighted by Gasteiger charge is 2.24. The number of anilines is 2. The third-order valence-electron chi connectivity index (χ3n) is 5.78. The number of benzene rings is 2. The van der Waals surface area contributed by atoms with Gasteiger partial charge in [-0.25, -0.2) is 4.98 Å². The van der Waals surface area contributed by atoms with Gasteiger partial charge in [-0.05, 0) is 43.7 Å². The van der Waals surface area contributed by atoms with Crippen molar-refractivity contribution in [3.05, 3.63) is 71.4 Å². The van der Waals surface area contributed by atoms with E-state index in [-0.39, 0.29) is 11.9 Å². The van der Waals surface area contributed by atoms with E-state index in [4.69, 9.17) is 22.4 Å². The minimum atomic E-state index is -0.171. The minimum absolute atomic E-state index is 0.171. The van der Waals surface area contributed by atoms with Crippen molar-refractivity contribution in [2.24, 2.45) is 0 Å². The van der Waals surface area contributed by atoms with Gasteiger partial charge in [-0.2, -0.15) is 5.10 Å². The van der Waals surface area contributed by atoms with Crippen LogP contribution in [0.4, 0.5) is 11.5 Å². The summed E-state index contributed by atoms with van der Waals surface area (Å²) < 4.78 is 1.98. The average molecular weight is 447 g/mol. The Hall–Kier alpha value is -3.42. The van der Waals surface area contributed by atoms with Gasteiger partial charge in [0.1, 0.15) is 11.5 Å². The quantitative estimate of drug-likeness (QED) is 0.428. The molecule has 3 heterocycles. The van der Waals surface area contributed by atoms with Gasteiger partial charge in [0, 0.05) is 23.4 Å². The number of rotatable bonds is 4. The zero-order valence-electron chi connectivity index (χ0n) is 17.4. The first-order valence-corrected chi connectivity index (χ1v) is 11.0. The second-order valence-corrected chi connectivity index (χ2v) is 8.31. The van der Waals surface area contributed by atoms with Crippen LogP contribution in [0.2, 0.25) is 5.02 Å². The number of para-hydroxylation sites is 1. The van der Waals surface area contributed by atoms with Gasteiger partial charge in [-0.15, -0.1) is 0 Å². The number of nitrogen functional groups attached to an aromatic ring is 1. The van der Waals surface area contributed by atoms with Crippen LogP contribution in [0.25, 0.3) is 22.2 Å². The molecule has 1 atom stereocenters. The van der Waals surface area contributed by atoms with Crippen molar-refractivity contribution in [2.45, 2.75) is 18.9 Å². The Labute approximate surface area is 190 Å². The van der Waals surface area contributed by atoms with Crippen LogP contribution >= 0.6 is 11.6 Å². The lowest BCUT2D eigenvalue weighted by atomic mass is 10.1. The van der Waals surface area contributed by atoms with Crippen LogP contribution in [0.5, 0.6) is 0 Å². The second-order valence-electron chi connectivity index (χ2n) is 7.91. The molecule has 4 aromatic rings. The van der Waals surface area contributed by atoms with Crippen LogP contribution in [0, 0.1) is 0 Å². The Kier molecular flexibility index (Phi) is 5.51. The highest BCUT2D eigenvalue weighted by Crippen LogP contribution is 2.37. The molecule has 0 spiro atoms. The van der Waals surface area contributed by atoms with Crippen molar-refractivity contribution in [3.63, 3.8) is 0 Å². The molecule has 4 N–H and O–H groups in total. The standard InChI is InChI=1S/C24H23ClN6O/c25-19-14-28-23(26)20-21(30-31(22(19)20)18-7-4-12-27-13-18)15-8-10-16(11-9-15)24(32)29-17-5-2-1-3-6-17/h1-3,5-6,8-11,14,18,27H,4,7,12-13H2,(H2,26,28)(H,29,32)/t18-/m1/s1. The summed E-state index contributed by atoms with van der Waals surface area (Å²) in [6.45, 7) is 1.83. The Morgan fingerprint density at radius 3 is 2.66 bits per heavy atom. The van der Waals surface area contributed by atoms with Crippen molar-refractivity contribution >= 4 is 39.9 Å². The molecule has 0 aliphatic carbocycles. The van der Waals surface area contributed by atoms with E-state index in [0.717, 1.165) is 48.1 Å². The molecule has 1 aliphatic rings. The number of aromatic nitrogens is 3. The van der Waals surface area contributed by atoms with Crippen LogP contribution in [0.15, 0.2) is 60.8 Å². The maximum absolute atomic E-state index is 12.6. The van der Waals surface area contributed by atoms with Gasteiger partial charge in [0.2, 0.25) is 0 Å². The normalized spacial score (nSPS) is 16.2. The van der Waals surface area contributed by atoms with Crippen LogP contribution < -0.4 is 16.4 Å². The monoisotopic (exact) mass is 446 g/mol. The topological polar surface area (TPSA) is 97.9 Å². The zero-order valence-corrected chi connectivity index (χ0v) is 18.1. The van der Waals surface area contributed by atoms with Gasteiger partial charge in [0.15, 0.2) is 0 Å². The summed E-state index contributed by atoms with van der Waals surface area (Å²) in [6, 6.07) is 16.9. The van der Waals surface area contributed by atoms with Crippen molar-refractivity contribution < 1.29 is 4.79 Å². The predicted octanol–water partition coefficient (Wildman–Crippen LogP) is 4.51. The molecule has 1 aliphatic heterocycles. The maximum Gasteiger partial charge on any atom is 0.255 e. The largest absolute Gasteiger partial charge is 0.383 e. The molecule has 1 saturated heterocycles. The molecular formula is C24H23ClN6O. The molecule has 32 heavy (non-hydrogen) atoms. The van der Waals surface area contributed by atoms with E-state index in [1.54, 1.807) is 18.3 Å². The molecular weight excluding hydrogens is 424 g/mol. The van der Waals surface area contributed by atoms with E-state index in [1.807, 2.05) is 47.1 Å². The van der Waals surface area contributed by atoms with Gasteiger partial charge in [0.25, 0.3) is 5.91 Å². The number of piperidine rings is 1. The summed E-state index contributed by atoms with van der Waals surface area (Å²) in [6.07, 6.45) is 3.67. The highest BCUT2D eigenvalue weighted by atomic mass is 35.5. The fraction of sp³-hybridized carbons (Fsp3) is 0.208. The number of fused-ring (bicyclic) bond motifs is 1. The van der Waals surface area contributed by atoms with Crippen LogP contribution in [-0.4, -0.2) is 33.8 Å². The molecule has 0 saturated carbocycles. The van der Waals surface area contributed by atoms with E-state index in [2.05, 4.69) is 15.6 Å². The molecule has 2 aromatic heterocycles. The van der Waals surface area contributed by atoms with E-state index in [0.29, 0.717) is 22.1 Å². The van der Waals surface area contributed by atoms with Gasteiger partial charge in [-0.1, -0.05) is 41.9 Å². The summed E-state index contributed by atoms with van der Waals surface area (Å²) in [5, 5.41) is 12.5. The van der Waals surface area contributed by atoms with Crippen molar-refractivity contribution in [3.8, 4) is 11.3 Å². The predicted molar refractivity (Wildman–Crippen MR) is 128 cm³/mol. The number of amides is 1. The summed E-state index contributed by atoms with van der Waals surface area (Å²) in [5.74, 6) is 0.218. The van der Waals surface area contributed by atoms with Gasteiger partial charge in [0.05, 0.1) is 28.2 Å². The number of carbonyl (C=O) groups excluding carboxylic acids is 1. The fourth-order valence-electron chi connectivity index (χ4n) is 4.17. The lowest BCUT2D eigenvalue weighted by molar-refractivity contribution is 0.102. The Bertz CT molecular complexity index is 1260. The first-order chi connectivity index (χ1) is 15.6. The molecule has 5 rings (SSSR count). The molecule has 0 unspecified atom stereocenters. The third kappa shape index (κ3) is 3.81. The first-order valence-electron chi connectivity index (χ1n) is 10.6. The summed E-state index contributed by atoms with van der Waals surface area (Å²) in [7, 11) is 0. The average Bonchev–Trinajstić information content (AvgIpc) is 3.25. The van der Waals surface area contributed by atoms with Gasteiger partial charge in [-0.3, -0.25) is 9.48 Å². The summed E-state index contributed by atoms with van der Waals surface area (Å²) >= 11 is 6.55. The lowest BCUT2D eigenvalue weighted by Crippen LogP contribution is -2.32. The molecule has 2 aromatic carbocycles. The smallest absolute Gasteiger partial charge is 0.255 e. The summed E-state index contributed by atoms with van der Waals surface area (Å²) in [4.78, 5) is 16.9. The Morgan fingerprint density at radius 1 is 1.16 bits per heavy atom. The van der Waals surface area contributed by atoms with Crippen molar-refractivity contribution in [2.75, 3.05) is 24.1 Å². The zero-order chi connectivity index (χ0) is 22.1. The number of pyridine rings is 1. The Morgan fingerprint density at radius 2 is 1.94 bits per heavy atom. The number of carbonyl (C=O) groups is 1. The Balaban J connectivity index is 1.52. The van der Waals surface area contributed by atoms with Crippen molar-refractivity contribution in [1.29, 1.82) is 0 Å². The number of halogens is 1. The first kappa shape index (κ1) is 20.5. The SMILES string of the molecule is Nc1ncc(Cl)c2c1c(-c1ccc(C(=O)Nc3ccccc3)cc1)nn2[C@@H]1CCCNC1. The summed E-state index contributed by atoms with van der Waals surface area (Å²) in [5.41, 5.74) is 9.94. The van der Waals surface area contributed by atoms with Crippen LogP contribution in [0.1, 0.15) is 29.2 Å². The number of nitrogens with zero attached hydrogens (tertiary/aromatic N) is 3. The van der Waals surface area contributed by atoms with Gasteiger partial charge >= 0.3 is 0 Å². The fourth-order valence-corrected chi connectivity index (χ4v) is 4.40. The molecule has 162 valence electrons. The minimum Gasteiger partial charge on any atom is -0.383 e. The second kappa shape index (κ2) is 8.61. The molecule has 1 amide bonds. The van der Waals surface area contributed by atoms with Crippen molar-refractivity contribution in [1.82, 2.24) is 20.1 Å². The molecule has 8 heteroatoms. The molecule has 7 nitrogen and oxygen atoms in total. The van der Waals surface area contributed by atoms with E-state index in [9.17, 15) is 4.79 Å². The number of hydrogen-bond donors (Lipinski definition) is 3. The van der Waals surface area contributed by atoms with E-state index >= 15 is 0 Å². The molecule has 1 fully saturated rings.